The molecule has 1 aliphatic rings. The van der Waals surface area contributed by atoms with E-state index in [9.17, 15) is 4.79 Å². The minimum absolute atomic E-state index is 0. The van der Waals surface area contributed by atoms with Crippen LogP contribution in [0.1, 0.15) is 38.2 Å². The summed E-state index contributed by atoms with van der Waals surface area (Å²) in [5, 5.41) is 9.60. The molecular weight excluding hydrogens is 499 g/mol. The normalized spacial score (nSPS) is 13.4. The molecular formula is C21H35IN4O2S. The highest BCUT2D eigenvalue weighted by molar-refractivity contribution is 14.0. The summed E-state index contributed by atoms with van der Waals surface area (Å²) in [6, 6.07) is 8.30. The third kappa shape index (κ3) is 12.2. The Morgan fingerprint density at radius 1 is 1.21 bits per heavy atom. The number of ether oxygens (including phenoxy) is 1. The summed E-state index contributed by atoms with van der Waals surface area (Å²) in [7, 11) is 0. The van der Waals surface area contributed by atoms with Crippen molar-refractivity contribution in [1.82, 2.24) is 16.0 Å². The summed E-state index contributed by atoms with van der Waals surface area (Å²) in [5.41, 5.74) is 1.22. The van der Waals surface area contributed by atoms with Gasteiger partial charge in [-0.1, -0.05) is 12.1 Å². The molecule has 0 unspecified atom stereocenters. The molecule has 0 heterocycles. The topological polar surface area (TPSA) is 74.8 Å². The summed E-state index contributed by atoms with van der Waals surface area (Å²) < 4.78 is 5.54. The van der Waals surface area contributed by atoms with Crippen molar-refractivity contribution in [3.8, 4) is 5.75 Å². The molecule has 0 bridgehead atoms. The van der Waals surface area contributed by atoms with Crippen molar-refractivity contribution in [2.24, 2.45) is 4.99 Å². The molecule has 1 fully saturated rings. The lowest BCUT2D eigenvalue weighted by Crippen LogP contribution is -2.38. The monoisotopic (exact) mass is 534 g/mol. The van der Waals surface area contributed by atoms with E-state index >= 15 is 0 Å². The third-order valence-corrected chi connectivity index (χ3v) is 5.01. The molecule has 1 amide bonds. The molecule has 3 N–H and O–H groups in total. The van der Waals surface area contributed by atoms with Gasteiger partial charge in [0.15, 0.2) is 12.6 Å². The number of nitrogens with zero attached hydrogens (tertiary/aromatic N) is 1. The molecule has 0 aliphatic heterocycles. The van der Waals surface area contributed by atoms with Gasteiger partial charge in [-0.3, -0.25) is 9.79 Å². The van der Waals surface area contributed by atoms with Crippen molar-refractivity contribution >= 4 is 47.6 Å². The predicted octanol–water partition coefficient (Wildman–Crippen LogP) is 3.20. The molecule has 1 saturated carbocycles. The summed E-state index contributed by atoms with van der Waals surface area (Å²) in [5.74, 6) is 2.76. The highest BCUT2D eigenvalue weighted by Crippen LogP contribution is 2.18. The average Bonchev–Trinajstić information content (AvgIpc) is 3.51. The fraction of sp³-hybridized carbons (Fsp3) is 0.619. The Bertz CT molecular complexity index is 609. The molecule has 6 nitrogen and oxygen atoms in total. The van der Waals surface area contributed by atoms with Crippen molar-refractivity contribution in [3.63, 3.8) is 0 Å². The number of rotatable bonds is 13. The van der Waals surface area contributed by atoms with E-state index in [0.717, 1.165) is 57.0 Å². The second-order valence-electron chi connectivity index (χ2n) is 6.91. The summed E-state index contributed by atoms with van der Waals surface area (Å²) in [6.45, 7) is 4.69. The van der Waals surface area contributed by atoms with Crippen LogP contribution >= 0.6 is 35.7 Å². The van der Waals surface area contributed by atoms with Crippen LogP contribution < -0.4 is 20.7 Å². The number of hydrogen-bond acceptors (Lipinski definition) is 4. The van der Waals surface area contributed by atoms with Crippen molar-refractivity contribution in [3.05, 3.63) is 29.8 Å². The van der Waals surface area contributed by atoms with E-state index < -0.39 is 0 Å². The maximum Gasteiger partial charge on any atom is 0.258 e. The van der Waals surface area contributed by atoms with E-state index in [4.69, 9.17) is 4.74 Å². The van der Waals surface area contributed by atoms with Gasteiger partial charge in [-0.2, -0.15) is 11.8 Å². The van der Waals surface area contributed by atoms with Gasteiger partial charge in [-0.15, -0.1) is 24.0 Å². The van der Waals surface area contributed by atoms with Crippen molar-refractivity contribution in [2.45, 2.75) is 45.1 Å². The van der Waals surface area contributed by atoms with Crippen LogP contribution in [-0.4, -0.2) is 56.2 Å². The Morgan fingerprint density at radius 2 is 1.97 bits per heavy atom. The van der Waals surface area contributed by atoms with Crippen LogP contribution in [0.25, 0.3) is 0 Å². The van der Waals surface area contributed by atoms with Crippen molar-refractivity contribution < 1.29 is 9.53 Å². The zero-order valence-corrected chi connectivity index (χ0v) is 20.7. The fourth-order valence-corrected chi connectivity index (χ4v) is 3.11. The van der Waals surface area contributed by atoms with Crippen molar-refractivity contribution in [1.29, 1.82) is 0 Å². The van der Waals surface area contributed by atoms with Gasteiger partial charge in [0.25, 0.3) is 5.91 Å². The first kappa shape index (κ1) is 25.9. The first-order chi connectivity index (χ1) is 13.7. The van der Waals surface area contributed by atoms with Gasteiger partial charge in [0.05, 0.1) is 0 Å². The zero-order valence-electron chi connectivity index (χ0n) is 17.5. The van der Waals surface area contributed by atoms with Gasteiger partial charge in [0.2, 0.25) is 0 Å². The number of carbonyl (C=O) groups excluding carboxylic acids is 1. The molecule has 8 heteroatoms. The lowest BCUT2D eigenvalue weighted by Gasteiger charge is -2.12. The van der Waals surface area contributed by atoms with E-state index in [0.29, 0.717) is 6.04 Å². The van der Waals surface area contributed by atoms with E-state index in [1.54, 1.807) is 0 Å². The number of hydrogen-bond donors (Lipinski definition) is 3. The predicted molar refractivity (Wildman–Crippen MR) is 134 cm³/mol. The van der Waals surface area contributed by atoms with Gasteiger partial charge >= 0.3 is 0 Å². The molecule has 0 spiro atoms. The number of benzene rings is 1. The van der Waals surface area contributed by atoms with E-state index in [1.165, 1.54) is 17.7 Å². The third-order valence-electron chi connectivity index (χ3n) is 4.31. The molecule has 0 aromatic heterocycles. The minimum atomic E-state index is -0.0422. The Labute approximate surface area is 196 Å². The Kier molecular flexibility index (Phi) is 14.0. The quantitative estimate of drug-likeness (QED) is 0.157. The lowest BCUT2D eigenvalue weighted by atomic mass is 10.1. The second-order valence-corrected chi connectivity index (χ2v) is 7.90. The minimum Gasteiger partial charge on any atom is -0.484 e. The van der Waals surface area contributed by atoms with Crippen molar-refractivity contribution in [2.75, 3.05) is 38.2 Å². The molecule has 2 rings (SSSR count). The first-order valence-electron chi connectivity index (χ1n) is 10.2. The summed E-state index contributed by atoms with van der Waals surface area (Å²) in [4.78, 5) is 16.3. The number of amides is 1. The largest absolute Gasteiger partial charge is 0.484 e. The highest BCUT2D eigenvalue weighted by Gasteiger charge is 2.23. The summed E-state index contributed by atoms with van der Waals surface area (Å²) >= 11 is 1.88. The van der Waals surface area contributed by atoms with E-state index in [2.05, 4.69) is 34.1 Å². The smallest absolute Gasteiger partial charge is 0.258 e. The lowest BCUT2D eigenvalue weighted by molar-refractivity contribution is -0.123. The van der Waals surface area contributed by atoms with Gasteiger partial charge in [-0.05, 0) is 68.7 Å². The number of unbranched alkanes of at least 4 members (excludes halogenated alkanes) is 1. The maximum atomic E-state index is 11.7. The molecule has 0 radical (unpaired) electrons. The molecule has 164 valence electrons. The van der Waals surface area contributed by atoms with Gasteiger partial charge < -0.3 is 20.7 Å². The molecule has 1 aromatic carbocycles. The van der Waals surface area contributed by atoms with Crippen LogP contribution in [0.4, 0.5) is 0 Å². The second kappa shape index (κ2) is 15.6. The van der Waals surface area contributed by atoms with E-state index in [-0.39, 0.29) is 36.5 Å². The number of guanidine groups is 1. The number of aliphatic imine (C=N–C) groups is 1. The Hall–Kier alpha value is -1.16. The summed E-state index contributed by atoms with van der Waals surface area (Å²) in [6.07, 6.45) is 7.55. The SMILES string of the molecule is CCNC(=NCCCCSC)NCCc1ccc(OCC(=O)NC2CC2)cc1.I. The van der Waals surface area contributed by atoms with Gasteiger partial charge in [0, 0.05) is 25.7 Å². The van der Waals surface area contributed by atoms with Crippen LogP contribution in [0, 0.1) is 0 Å². The standard InChI is InChI=1S/C21H34N4O2S.HI/c1-3-22-21(23-13-4-5-15-28-2)24-14-12-17-6-10-19(11-7-17)27-16-20(26)25-18-8-9-18;/h6-7,10-11,18H,3-5,8-9,12-16H2,1-2H3,(H,25,26)(H2,22,23,24);1H. The first-order valence-corrected chi connectivity index (χ1v) is 11.6. The number of carbonyl (C=O) groups is 1. The molecule has 1 aliphatic carbocycles. The van der Waals surface area contributed by atoms with E-state index in [1.807, 2.05) is 36.0 Å². The molecule has 29 heavy (non-hydrogen) atoms. The Balaban J connectivity index is 0.00000420. The molecule has 1 aromatic rings. The number of halogens is 1. The number of thioether (sulfide) groups is 1. The van der Waals surface area contributed by atoms with Crippen LogP contribution in [0.5, 0.6) is 5.75 Å². The van der Waals surface area contributed by atoms with Gasteiger partial charge in [-0.25, -0.2) is 0 Å². The zero-order chi connectivity index (χ0) is 20.0. The average molecular weight is 535 g/mol. The molecule has 0 saturated heterocycles. The highest BCUT2D eigenvalue weighted by atomic mass is 127. The Morgan fingerprint density at radius 3 is 2.62 bits per heavy atom. The maximum absolute atomic E-state index is 11.7. The van der Waals surface area contributed by atoms with Gasteiger partial charge in [0.1, 0.15) is 5.75 Å². The van der Waals surface area contributed by atoms with Crippen LogP contribution in [0.3, 0.4) is 0 Å². The van der Waals surface area contributed by atoms with Crippen LogP contribution in [-0.2, 0) is 11.2 Å². The van der Waals surface area contributed by atoms with Crippen LogP contribution in [0.15, 0.2) is 29.3 Å². The molecule has 0 atom stereocenters. The number of nitrogens with one attached hydrogen (secondary N) is 3. The van der Waals surface area contributed by atoms with Crippen LogP contribution in [0.2, 0.25) is 0 Å². The fourth-order valence-electron chi connectivity index (χ4n) is 2.61.